The summed E-state index contributed by atoms with van der Waals surface area (Å²) in [5.41, 5.74) is 3.63. The molecule has 2 aromatic rings. The van der Waals surface area contributed by atoms with Crippen molar-refractivity contribution in [2.75, 3.05) is 32.5 Å². The van der Waals surface area contributed by atoms with Gasteiger partial charge in [-0.2, -0.15) is 11.8 Å². The Balaban J connectivity index is 1.74. The van der Waals surface area contributed by atoms with Gasteiger partial charge in [-0.3, -0.25) is 10.1 Å². The second-order valence-corrected chi connectivity index (χ2v) is 9.10. The minimum atomic E-state index is -0.583. The Morgan fingerprint density at radius 2 is 1.87 bits per heavy atom. The van der Waals surface area contributed by atoms with Crippen LogP contribution < -0.4 is 0 Å². The topological polar surface area (TPSA) is 75.8 Å². The van der Waals surface area contributed by atoms with Gasteiger partial charge in [-0.1, -0.05) is 18.6 Å². The number of hydrogen-bond donors (Lipinski definition) is 1. The fraction of sp³-hybridized carbons (Fsp3) is 0.458. The molecule has 1 atom stereocenters. The van der Waals surface area contributed by atoms with Crippen LogP contribution in [0.2, 0.25) is 0 Å². The Labute approximate surface area is 188 Å². The molecule has 1 heterocycles. The third kappa shape index (κ3) is 6.69. The van der Waals surface area contributed by atoms with Crippen LogP contribution in [0.15, 0.2) is 36.4 Å². The van der Waals surface area contributed by atoms with Gasteiger partial charge >= 0.3 is 5.69 Å². The summed E-state index contributed by atoms with van der Waals surface area (Å²) in [7, 11) is 0. The molecule has 2 aromatic carbocycles. The number of thioether (sulfide) groups is 1. The number of benzene rings is 2. The Bertz CT molecular complexity index is 884. The molecule has 1 radical (unpaired) electrons. The third-order valence-electron chi connectivity index (χ3n) is 5.75. The maximum absolute atomic E-state index is 11.0. The molecule has 0 spiro atoms. The molecule has 1 aliphatic heterocycles. The van der Waals surface area contributed by atoms with Gasteiger partial charge in [0.15, 0.2) is 5.75 Å². The number of phenolic OH excluding ortho intramolecular Hbond substituents is 1. The maximum atomic E-state index is 11.0. The molecule has 1 fully saturated rings. The van der Waals surface area contributed by atoms with Gasteiger partial charge in [0.2, 0.25) is 0 Å². The van der Waals surface area contributed by atoms with Crippen LogP contribution in [0.3, 0.4) is 0 Å². The zero-order chi connectivity index (χ0) is 22.2. The SMILES string of the molecule is [CH2]C(Cc1ccc(-c2ccc([N+](=O)[O-])c(O)c2)cc1COCCN1CCCCC1)SC. The van der Waals surface area contributed by atoms with Crippen LogP contribution in [-0.4, -0.2) is 52.7 Å². The standard InChI is InChI=1S/C24H31N2O4S/c1-18(31-2)14-19-6-7-20(21-8-9-23(26(28)29)24(27)16-21)15-22(19)17-30-13-12-25-10-4-3-5-11-25/h6-9,15-16,18,27H,1,3-5,10-14,17H2,2H3. The molecule has 0 aliphatic carbocycles. The van der Waals surface area contributed by atoms with E-state index >= 15 is 0 Å². The van der Waals surface area contributed by atoms with E-state index in [0.29, 0.717) is 13.2 Å². The summed E-state index contributed by atoms with van der Waals surface area (Å²) < 4.78 is 6.04. The molecule has 167 valence electrons. The smallest absolute Gasteiger partial charge is 0.310 e. The molecular weight excluding hydrogens is 412 g/mol. The van der Waals surface area contributed by atoms with Crippen LogP contribution in [0, 0.1) is 17.0 Å². The largest absolute Gasteiger partial charge is 0.502 e. The van der Waals surface area contributed by atoms with Crippen LogP contribution in [0.4, 0.5) is 5.69 Å². The molecule has 0 bridgehead atoms. The quantitative estimate of drug-likeness (QED) is 0.314. The van der Waals surface area contributed by atoms with Crippen molar-refractivity contribution in [2.45, 2.75) is 37.5 Å². The van der Waals surface area contributed by atoms with E-state index in [9.17, 15) is 15.2 Å². The highest BCUT2D eigenvalue weighted by Gasteiger charge is 2.15. The van der Waals surface area contributed by atoms with E-state index in [0.717, 1.165) is 42.7 Å². The summed E-state index contributed by atoms with van der Waals surface area (Å²) in [5, 5.41) is 21.2. The second-order valence-electron chi connectivity index (χ2n) is 7.96. The van der Waals surface area contributed by atoms with Gasteiger partial charge in [0.05, 0.1) is 18.1 Å². The zero-order valence-electron chi connectivity index (χ0n) is 18.1. The zero-order valence-corrected chi connectivity index (χ0v) is 18.9. The lowest BCUT2D eigenvalue weighted by molar-refractivity contribution is -0.385. The number of nitro benzene ring substituents is 1. The Hall–Kier alpha value is -2.09. The van der Waals surface area contributed by atoms with Crippen LogP contribution in [0.1, 0.15) is 30.4 Å². The van der Waals surface area contributed by atoms with Gasteiger partial charge in [0.1, 0.15) is 0 Å². The van der Waals surface area contributed by atoms with Crippen molar-refractivity contribution < 1.29 is 14.8 Å². The predicted molar refractivity (Wildman–Crippen MR) is 127 cm³/mol. The molecule has 0 aromatic heterocycles. The minimum Gasteiger partial charge on any atom is -0.502 e. The van der Waals surface area contributed by atoms with Gasteiger partial charge in [-0.05, 0) is 86.0 Å². The molecule has 31 heavy (non-hydrogen) atoms. The first-order valence-electron chi connectivity index (χ1n) is 10.7. The molecule has 0 saturated carbocycles. The van der Waals surface area contributed by atoms with Crippen molar-refractivity contribution in [3.8, 4) is 16.9 Å². The Kier molecular flexibility index (Phi) is 8.75. The lowest BCUT2D eigenvalue weighted by Gasteiger charge is -2.26. The Morgan fingerprint density at radius 3 is 2.55 bits per heavy atom. The Morgan fingerprint density at radius 1 is 1.16 bits per heavy atom. The fourth-order valence-electron chi connectivity index (χ4n) is 3.88. The van der Waals surface area contributed by atoms with Gasteiger partial charge < -0.3 is 14.7 Å². The molecule has 1 N–H and O–H groups in total. The van der Waals surface area contributed by atoms with Gasteiger partial charge in [-0.15, -0.1) is 0 Å². The van der Waals surface area contributed by atoms with E-state index in [1.54, 1.807) is 17.8 Å². The summed E-state index contributed by atoms with van der Waals surface area (Å²) in [4.78, 5) is 12.9. The summed E-state index contributed by atoms with van der Waals surface area (Å²) in [6, 6.07) is 10.6. The maximum Gasteiger partial charge on any atom is 0.310 e. The van der Waals surface area contributed by atoms with Gasteiger partial charge in [0, 0.05) is 17.9 Å². The van der Waals surface area contributed by atoms with E-state index in [2.05, 4.69) is 30.2 Å². The van der Waals surface area contributed by atoms with Crippen LogP contribution >= 0.6 is 11.8 Å². The van der Waals surface area contributed by atoms with E-state index in [1.165, 1.54) is 37.0 Å². The molecular formula is C24H31N2O4S. The highest BCUT2D eigenvalue weighted by Crippen LogP contribution is 2.32. The summed E-state index contributed by atoms with van der Waals surface area (Å²) >= 11 is 1.73. The number of nitro groups is 1. The number of rotatable bonds is 10. The normalized spacial score (nSPS) is 15.7. The van der Waals surface area contributed by atoms with Crippen LogP contribution in [0.5, 0.6) is 5.75 Å². The number of hydrogen-bond acceptors (Lipinski definition) is 6. The number of piperidine rings is 1. The minimum absolute atomic E-state index is 0.251. The lowest BCUT2D eigenvalue weighted by Crippen LogP contribution is -2.32. The summed E-state index contributed by atoms with van der Waals surface area (Å²) in [6.45, 7) is 8.66. The number of aromatic hydroxyl groups is 1. The van der Waals surface area contributed by atoms with Crippen LogP contribution in [0.25, 0.3) is 11.1 Å². The molecule has 3 rings (SSSR count). The van der Waals surface area contributed by atoms with Crippen molar-refractivity contribution >= 4 is 17.4 Å². The molecule has 0 amide bonds. The van der Waals surface area contributed by atoms with Crippen molar-refractivity contribution in [3.63, 3.8) is 0 Å². The van der Waals surface area contributed by atoms with Crippen molar-refractivity contribution in [1.82, 2.24) is 4.90 Å². The number of phenols is 1. The van der Waals surface area contributed by atoms with E-state index < -0.39 is 4.92 Å². The fourth-order valence-corrected chi connectivity index (χ4v) is 4.23. The summed E-state index contributed by atoms with van der Waals surface area (Å²) in [6.07, 6.45) is 6.77. The van der Waals surface area contributed by atoms with E-state index in [4.69, 9.17) is 4.74 Å². The first-order chi connectivity index (χ1) is 15.0. The van der Waals surface area contributed by atoms with E-state index in [-0.39, 0.29) is 16.7 Å². The predicted octanol–water partition coefficient (Wildman–Crippen LogP) is 5.08. The monoisotopic (exact) mass is 443 g/mol. The molecule has 1 saturated heterocycles. The van der Waals surface area contributed by atoms with Crippen LogP contribution in [-0.2, 0) is 17.8 Å². The highest BCUT2D eigenvalue weighted by atomic mass is 32.2. The number of ether oxygens (including phenoxy) is 1. The van der Waals surface area contributed by atoms with Crippen molar-refractivity contribution in [3.05, 3.63) is 64.6 Å². The van der Waals surface area contributed by atoms with Crippen molar-refractivity contribution in [2.24, 2.45) is 0 Å². The highest BCUT2D eigenvalue weighted by molar-refractivity contribution is 7.99. The lowest BCUT2D eigenvalue weighted by atomic mass is 9.96. The summed E-state index contributed by atoms with van der Waals surface area (Å²) in [5.74, 6) is -0.328. The van der Waals surface area contributed by atoms with Gasteiger partial charge in [-0.25, -0.2) is 0 Å². The molecule has 7 heteroatoms. The molecule has 6 nitrogen and oxygen atoms in total. The van der Waals surface area contributed by atoms with Gasteiger partial charge in [0.25, 0.3) is 0 Å². The van der Waals surface area contributed by atoms with Crippen molar-refractivity contribution in [1.29, 1.82) is 0 Å². The number of nitrogens with zero attached hydrogens (tertiary/aromatic N) is 2. The first kappa shape index (κ1) is 23.6. The average Bonchev–Trinajstić information content (AvgIpc) is 2.77. The second kappa shape index (κ2) is 11.5. The average molecular weight is 444 g/mol. The third-order valence-corrected chi connectivity index (χ3v) is 6.58. The van der Waals surface area contributed by atoms with E-state index in [1.807, 2.05) is 6.07 Å². The number of likely N-dealkylation sites (tertiary alicyclic amines) is 1. The molecule has 1 aliphatic rings. The first-order valence-corrected chi connectivity index (χ1v) is 12.0. The molecule has 1 unspecified atom stereocenters.